The minimum Gasteiger partial charge on any atom is -0.311 e. The van der Waals surface area contributed by atoms with E-state index in [-0.39, 0.29) is 0 Å². The number of rotatable bonds is 1. The number of halogens is 1. The maximum atomic E-state index is 10.3. The van der Waals surface area contributed by atoms with Crippen molar-refractivity contribution in [2.24, 2.45) is 0 Å². The van der Waals surface area contributed by atoms with Crippen LogP contribution in [0.4, 0.5) is 10.5 Å². The first kappa shape index (κ1) is 8.01. The van der Waals surface area contributed by atoms with Crippen LogP contribution in [0.15, 0.2) is 18.3 Å². The van der Waals surface area contributed by atoms with Crippen molar-refractivity contribution in [3.05, 3.63) is 24.0 Å². The van der Waals surface area contributed by atoms with Gasteiger partial charge >= 0.3 is 5.37 Å². The Morgan fingerprint density at radius 3 is 2.82 bits per heavy atom. The topological polar surface area (TPSA) is 42.0 Å². The van der Waals surface area contributed by atoms with E-state index >= 15 is 0 Å². The molecule has 0 saturated carbocycles. The second kappa shape index (κ2) is 3.34. The van der Waals surface area contributed by atoms with Gasteiger partial charge in [0.1, 0.15) is 0 Å². The quantitative estimate of drug-likeness (QED) is 0.519. The third kappa shape index (κ3) is 2.55. The lowest BCUT2D eigenvalue weighted by Gasteiger charge is -1.98. The summed E-state index contributed by atoms with van der Waals surface area (Å²) in [7, 11) is 0. The SMILES string of the molecule is Cc1ccc(NC(=O)Cl)cn1. The van der Waals surface area contributed by atoms with Crippen molar-refractivity contribution in [1.82, 2.24) is 4.98 Å². The Kier molecular flexibility index (Phi) is 2.44. The molecule has 0 bridgehead atoms. The van der Waals surface area contributed by atoms with Crippen molar-refractivity contribution in [3.8, 4) is 0 Å². The predicted octanol–water partition coefficient (Wildman–Crippen LogP) is 2.16. The van der Waals surface area contributed by atoms with Gasteiger partial charge in [-0.1, -0.05) is 0 Å². The van der Waals surface area contributed by atoms with E-state index in [1.54, 1.807) is 18.3 Å². The molecule has 1 aromatic rings. The molecule has 1 rings (SSSR count). The van der Waals surface area contributed by atoms with Crippen molar-refractivity contribution in [2.75, 3.05) is 5.32 Å². The summed E-state index contributed by atoms with van der Waals surface area (Å²) >= 11 is 5.07. The Balaban J connectivity index is 2.74. The van der Waals surface area contributed by atoms with Gasteiger partial charge in [0.2, 0.25) is 0 Å². The van der Waals surface area contributed by atoms with Gasteiger partial charge in [-0.2, -0.15) is 0 Å². The molecule has 11 heavy (non-hydrogen) atoms. The Morgan fingerprint density at radius 1 is 1.64 bits per heavy atom. The summed E-state index contributed by atoms with van der Waals surface area (Å²) in [5, 5.41) is 1.79. The average molecular weight is 171 g/mol. The number of hydrogen-bond donors (Lipinski definition) is 1. The molecular formula is C7H7ClN2O. The van der Waals surface area contributed by atoms with Crippen LogP contribution < -0.4 is 5.32 Å². The van der Waals surface area contributed by atoms with Crippen LogP contribution in [-0.4, -0.2) is 10.4 Å². The monoisotopic (exact) mass is 170 g/mol. The molecule has 58 valence electrons. The lowest BCUT2D eigenvalue weighted by atomic mass is 10.3. The van der Waals surface area contributed by atoms with Crippen LogP contribution in [0.3, 0.4) is 0 Å². The fourth-order valence-electron chi connectivity index (χ4n) is 0.655. The Bertz CT molecular complexity index is 258. The maximum Gasteiger partial charge on any atom is 0.318 e. The molecule has 0 spiro atoms. The van der Waals surface area contributed by atoms with E-state index in [0.29, 0.717) is 5.69 Å². The van der Waals surface area contributed by atoms with Crippen LogP contribution in [0.1, 0.15) is 5.69 Å². The molecule has 0 aliphatic carbocycles. The Hall–Kier alpha value is -1.09. The molecule has 1 heterocycles. The fourth-order valence-corrected chi connectivity index (χ4v) is 0.764. The lowest BCUT2D eigenvalue weighted by molar-refractivity contribution is 0.269. The second-order valence-corrected chi connectivity index (χ2v) is 2.43. The lowest BCUT2D eigenvalue weighted by Crippen LogP contribution is -2.00. The third-order valence-electron chi connectivity index (χ3n) is 1.15. The van der Waals surface area contributed by atoms with Crippen LogP contribution in [0.5, 0.6) is 0 Å². The van der Waals surface area contributed by atoms with Gasteiger partial charge in [0.15, 0.2) is 0 Å². The van der Waals surface area contributed by atoms with Crippen LogP contribution in [0.25, 0.3) is 0 Å². The van der Waals surface area contributed by atoms with E-state index in [1.165, 1.54) is 0 Å². The first-order chi connectivity index (χ1) is 5.18. The normalized spacial score (nSPS) is 9.27. The highest BCUT2D eigenvalue weighted by Gasteiger charge is 1.95. The van der Waals surface area contributed by atoms with Crippen molar-refractivity contribution < 1.29 is 4.79 Å². The first-order valence-corrected chi connectivity index (χ1v) is 3.45. The molecule has 1 aromatic heterocycles. The number of aromatic nitrogens is 1. The molecule has 0 atom stereocenters. The summed E-state index contributed by atoms with van der Waals surface area (Å²) in [6.07, 6.45) is 1.55. The molecule has 0 fully saturated rings. The van der Waals surface area contributed by atoms with E-state index in [1.807, 2.05) is 6.92 Å². The van der Waals surface area contributed by atoms with E-state index in [4.69, 9.17) is 11.6 Å². The van der Waals surface area contributed by atoms with E-state index < -0.39 is 5.37 Å². The number of amides is 1. The highest BCUT2D eigenvalue weighted by Crippen LogP contribution is 2.05. The van der Waals surface area contributed by atoms with Gasteiger partial charge in [0, 0.05) is 5.69 Å². The van der Waals surface area contributed by atoms with Gasteiger partial charge in [-0.3, -0.25) is 9.78 Å². The molecule has 0 unspecified atom stereocenters. The van der Waals surface area contributed by atoms with E-state index in [9.17, 15) is 4.79 Å². The number of aryl methyl sites for hydroxylation is 1. The zero-order valence-electron chi connectivity index (χ0n) is 5.97. The predicted molar refractivity (Wildman–Crippen MR) is 43.8 cm³/mol. The minimum atomic E-state index is -0.601. The zero-order chi connectivity index (χ0) is 8.27. The van der Waals surface area contributed by atoms with Gasteiger partial charge in [0.05, 0.1) is 11.9 Å². The van der Waals surface area contributed by atoms with Gasteiger partial charge in [-0.05, 0) is 30.7 Å². The number of nitrogens with zero attached hydrogens (tertiary/aromatic N) is 1. The molecule has 0 aliphatic rings. The van der Waals surface area contributed by atoms with Gasteiger partial charge in [-0.25, -0.2) is 0 Å². The summed E-state index contributed by atoms with van der Waals surface area (Å²) in [6.45, 7) is 1.87. The molecule has 4 heteroatoms. The Labute approximate surface area is 69.4 Å². The van der Waals surface area contributed by atoms with E-state index in [0.717, 1.165) is 5.69 Å². The third-order valence-corrected chi connectivity index (χ3v) is 1.25. The van der Waals surface area contributed by atoms with Gasteiger partial charge in [0.25, 0.3) is 0 Å². The fraction of sp³-hybridized carbons (Fsp3) is 0.143. The molecular weight excluding hydrogens is 164 g/mol. The van der Waals surface area contributed by atoms with E-state index in [2.05, 4.69) is 10.3 Å². The summed E-state index contributed by atoms with van der Waals surface area (Å²) in [5.41, 5.74) is 1.51. The zero-order valence-corrected chi connectivity index (χ0v) is 6.72. The maximum absolute atomic E-state index is 10.3. The second-order valence-electron chi connectivity index (χ2n) is 2.09. The van der Waals surface area contributed by atoms with Crippen molar-refractivity contribution in [3.63, 3.8) is 0 Å². The summed E-state index contributed by atoms with van der Waals surface area (Å²) in [5.74, 6) is 0. The van der Waals surface area contributed by atoms with Crippen LogP contribution in [0, 0.1) is 6.92 Å². The number of anilines is 1. The highest BCUT2D eigenvalue weighted by molar-refractivity contribution is 6.65. The smallest absolute Gasteiger partial charge is 0.311 e. The van der Waals surface area contributed by atoms with Crippen molar-refractivity contribution in [1.29, 1.82) is 0 Å². The largest absolute Gasteiger partial charge is 0.318 e. The molecule has 0 saturated heterocycles. The molecule has 3 nitrogen and oxygen atoms in total. The standard InChI is InChI=1S/C7H7ClN2O/c1-5-2-3-6(4-9-5)10-7(8)11/h2-4H,1H3,(H,10,11). The minimum absolute atomic E-state index is 0.601. The van der Waals surface area contributed by atoms with Crippen molar-refractivity contribution >= 4 is 22.7 Å². The number of pyridine rings is 1. The van der Waals surface area contributed by atoms with Crippen LogP contribution >= 0.6 is 11.6 Å². The van der Waals surface area contributed by atoms with Crippen molar-refractivity contribution in [2.45, 2.75) is 6.92 Å². The molecule has 0 radical (unpaired) electrons. The number of carbonyl (C=O) groups is 1. The number of hydrogen-bond acceptors (Lipinski definition) is 2. The molecule has 1 N–H and O–H groups in total. The number of nitrogens with one attached hydrogen (secondary N) is 1. The summed E-state index contributed by atoms with van der Waals surface area (Å²) in [4.78, 5) is 14.3. The van der Waals surface area contributed by atoms with Gasteiger partial charge in [-0.15, -0.1) is 0 Å². The van der Waals surface area contributed by atoms with Gasteiger partial charge < -0.3 is 5.32 Å². The van der Waals surface area contributed by atoms with Crippen LogP contribution in [-0.2, 0) is 0 Å². The Morgan fingerprint density at radius 2 is 2.36 bits per heavy atom. The summed E-state index contributed by atoms with van der Waals surface area (Å²) in [6, 6.07) is 3.53. The molecule has 0 aliphatic heterocycles. The molecule has 1 amide bonds. The number of carbonyl (C=O) groups excluding carboxylic acids is 1. The average Bonchev–Trinajstić information content (AvgIpc) is 1.93. The van der Waals surface area contributed by atoms with Crippen LogP contribution in [0.2, 0.25) is 0 Å². The summed E-state index contributed by atoms with van der Waals surface area (Å²) < 4.78 is 0. The molecule has 0 aromatic carbocycles. The highest BCUT2D eigenvalue weighted by atomic mass is 35.5. The first-order valence-electron chi connectivity index (χ1n) is 3.07.